The van der Waals surface area contributed by atoms with Crippen LogP contribution in [-0.4, -0.2) is 39.6 Å². The second-order valence-electron chi connectivity index (χ2n) is 2.85. The number of aromatic nitrogens is 2. The fraction of sp³-hybridized carbons (Fsp3) is 0.714. The molecule has 0 unspecified atom stereocenters. The van der Waals surface area contributed by atoms with Gasteiger partial charge in [-0.25, -0.2) is 0 Å². The number of nitrogens with zero attached hydrogens (tertiary/aromatic N) is 3. The first-order chi connectivity index (χ1) is 6.34. The highest BCUT2D eigenvalue weighted by Crippen LogP contribution is 2.12. The van der Waals surface area contributed by atoms with E-state index in [1.54, 1.807) is 0 Å². The van der Waals surface area contributed by atoms with E-state index in [1.165, 1.54) is 11.5 Å². The maximum atomic E-state index is 5.01. The Hall–Kier alpha value is -0.0700. The standard InChI is InChI=1S/C7H10BrN3OS/c8-7-9-6(12-10-7)5-11-1-3-13-4-2-11/h1-5H2. The van der Waals surface area contributed by atoms with Gasteiger partial charge in [0.25, 0.3) is 0 Å². The first-order valence-corrected chi connectivity index (χ1v) is 6.07. The molecule has 2 rings (SSSR count). The van der Waals surface area contributed by atoms with E-state index in [0.717, 1.165) is 19.6 Å². The first-order valence-electron chi connectivity index (χ1n) is 4.13. The minimum atomic E-state index is 0.536. The van der Waals surface area contributed by atoms with Crippen molar-refractivity contribution in [1.29, 1.82) is 0 Å². The summed E-state index contributed by atoms with van der Waals surface area (Å²) in [5.41, 5.74) is 0. The Morgan fingerprint density at radius 2 is 2.23 bits per heavy atom. The van der Waals surface area contributed by atoms with Gasteiger partial charge in [0.05, 0.1) is 6.54 Å². The van der Waals surface area contributed by atoms with Crippen LogP contribution < -0.4 is 0 Å². The van der Waals surface area contributed by atoms with E-state index < -0.39 is 0 Å². The molecule has 0 saturated carbocycles. The first kappa shape index (κ1) is 9.48. The molecule has 0 aliphatic carbocycles. The molecule has 1 fully saturated rings. The predicted molar refractivity (Wildman–Crippen MR) is 54.6 cm³/mol. The minimum Gasteiger partial charge on any atom is -0.337 e. The number of rotatable bonds is 2. The number of halogens is 1. The summed E-state index contributed by atoms with van der Waals surface area (Å²) in [7, 11) is 0. The maximum absolute atomic E-state index is 5.01. The van der Waals surface area contributed by atoms with E-state index in [9.17, 15) is 0 Å². The third-order valence-corrected chi connectivity index (χ3v) is 3.17. The van der Waals surface area contributed by atoms with Gasteiger partial charge < -0.3 is 4.52 Å². The van der Waals surface area contributed by atoms with E-state index in [-0.39, 0.29) is 0 Å². The number of hydrogen-bond acceptors (Lipinski definition) is 5. The summed E-state index contributed by atoms with van der Waals surface area (Å²) < 4.78 is 5.55. The molecule has 1 saturated heterocycles. The average molecular weight is 264 g/mol. The van der Waals surface area contributed by atoms with Crippen molar-refractivity contribution < 1.29 is 4.52 Å². The van der Waals surface area contributed by atoms with Gasteiger partial charge in [-0.15, -0.1) is 0 Å². The van der Waals surface area contributed by atoms with Crippen molar-refractivity contribution in [3.63, 3.8) is 0 Å². The number of thioether (sulfide) groups is 1. The van der Waals surface area contributed by atoms with Crippen LogP contribution in [-0.2, 0) is 6.54 Å². The van der Waals surface area contributed by atoms with Crippen LogP contribution in [0.2, 0.25) is 0 Å². The highest BCUT2D eigenvalue weighted by molar-refractivity contribution is 9.10. The molecule has 1 aliphatic rings. The van der Waals surface area contributed by atoms with Crippen molar-refractivity contribution in [3.8, 4) is 0 Å². The lowest BCUT2D eigenvalue weighted by Gasteiger charge is -2.24. The second kappa shape index (κ2) is 4.43. The van der Waals surface area contributed by atoms with Crippen molar-refractivity contribution in [3.05, 3.63) is 10.6 Å². The molecule has 0 bridgehead atoms. The molecule has 1 aromatic rings. The van der Waals surface area contributed by atoms with Crippen LogP contribution >= 0.6 is 27.7 Å². The van der Waals surface area contributed by atoms with Gasteiger partial charge in [-0.3, -0.25) is 4.90 Å². The van der Waals surface area contributed by atoms with Crippen molar-refractivity contribution in [2.45, 2.75) is 6.54 Å². The molecule has 13 heavy (non-hydrogen) atoms. The van der Waals surface area contributed by atoms with E-state index in [1.807, 2.05) is 11.8 Å². The molecule has 0 radical (unpaired) electrons. The molecule has 1 aliphatic heterocycles. The summed E-state index contributed by atoms with van der Waals surface area (Å²) in [4.78, 5) is 6.43. The molecule has 1 aromatic heterocycles. The molecule has 0 atom stereocenters. The quantitative estimate of drug-likeness (QED) is 0.807. The third kappa shape index (κ3) is 2.69. The minimum absolute atomic E-state index is 0.536. The van der Waals surface area contributed by atoms with Crippen molar-refractivity contribution >= 4 is 27.7 Å². The predicted octanol–water partition coefficient (Wildman–Crippen LogP) is 1.38. The largest absolute Gasteiger partial charge is 0.337 e. The third-order valence-electron chi connectivity index (χ3n) is 1.91. The zero-order chi connectivity index (χ0) is 9.10. The molecule has 72 valence electrons. The molecule has 6 heteroatoms. The molecular formula is C7H10BrN3OS. The van der Waals surface area contributed by atoms with E-state index >= 15 is 0 Å². The van der Waals surface area contributed by atoms with Crippen LogP contribution in [0.5, 0.6) is 0 Å². The Kier molecular flexibility index (Phi) is 3.23. The van der Waals surface area contributed by atoms with Gasteiger partial charge in [-0.05, 0) is 21.1 Å². The lowest BCUT2D eigenvalue weighted by atomic mass is 10.4. The highest BCUT2D eigenvalue weighted by Gasteiger charge is 2.13. The lowest BCUT2D eigenvalue weighted by Crippen LogP contribution is -2.32. The van der Waals surface area contributed by atoms with Gasteiger partial charge >= 0.3 is 0 Å². The fourth-order valence-corrected chi connectivity index (χ4v) is 2.50. The Morgan fingerprint density at radius 1 is 1.46 bits per heavy atom. The van der Waals surface area contributed by atoms with Gasteiger partial charge in [-0.1, -0.05) is 0 Å². The van der Waals surface area contributed by atoms with Gasteiger partial charge in [0.2, 0.25) is 10.6 Å². The Bertz CT molecular complexity index is 274. The summed E-state index contributed by atoms with van der Waals surface area (Å²) in [5.74, 6) is 3.10. The fourth-order valence-electron chi connectivity index (χ4n) is 1.25. The Balaban J connectivity index is 1.89. The van der Waals surface area contributed by atoms with Crippen molar-refractivity contribution in [2.24, 2.45) is 0 Å². The summed E-state index contributed by atoms with van der Waals surface area (Å²) in [5, 5.41) is 3.68. The molecule has 0 spiro atoms. The van der Waals surface area contributed by atoms with E-state index in [2.05, 4.69) is 31.0 Å². The van der Waals surface area contributed by atoms with Gasteiger partial charge in [0, 0.05) is 24.6 Å². The zero-order valence-corrected chi connectivity index (χ0v) is 9.47. The van der Waals surface area contributed by atoms with Crippen LogP contribution in [0.3, 0.4) is 0 Å². The highest BCUT2D eigenvalue weighted by atomic mass is 79.9. The molecule has 4 nitrogen and oxygen atoms in total. The molecule has 0 N–H and O–H groups in total. The van der Waals surface area contributed by atoms with Crippen LogP contribution in [0.25, 0.3) is 0 Å². The van der Waals surface area contributed by atoms with Crippen LogP contribution in [0, 0.1) is 0 Å². The van der Waals surface area contributed by atoms with Crippen molar-refractivity contribution in [1.82, 2.24) is 15.0 Å². The van der Waals surface area contributed by atoms with Crippen molar-refractivity contribution in [2.75, 3.05) is 24.6 Å². The maximum Gasteiger partial charge on any atom is 0.241 e. The topological polar surface area (TPSA) is 42.2 Å². The van der Waals surface area contributed by atoms with Gasteiger partial charge in [0.15, 0.2) is 0 Å². The van der Waals surface area contributed by atoms with Gasteiger partial charge in [-0.2, -0.15) is 16.7 Å². The lowest BCUT2D eigenvalue weighted by molar-refractivity contribution is 0.245. The summed E-state index contributed by atoms with van der Waals surface area (Å²) in [6.07, 6.45) is 0. The molecule has 0 amide bonds. The molecule has 2 heterocycles. The van der Waals surface area contributed by atoms with Gasteiger partial charge in [0.1, 0.15) is 0 Å². The van der Waals surface area contributed by atoms with Crippen LogP contribution in [0.15, 0.2) is 9.26 Å². The average Bonchev–Trinajstić information content (AvgIpc) is 2.53. The SMILES string of the molecule is Brc1noc(CN2CCSCC2)n1. The summed E-state index contributed by atoms with van der Waals surface area (Å²) >= 11 is 5.16. The molecular weight excluding hydrogens is 254 g/mol. The van der Waals surface area contributed by atoms with E-state index in [0.29, 0.717) is 10.6 Å². The van der Waals surface area contributed by atoms with Crippen LogP contribution in [0.1, 0.15) is 5.89 Å². The van der Waals surface area contributed by atoms with E-state index in [4.69, 9.17) is 4.52 Å². The second-order valence-corrected chi connectivity index (χ2v) is 4.78. The summed E-state index contributed by atoms with van der Waals surface area (Å²) in [6.45, 7) is 3.01. The Morgan fingerprint density at radius 3 is 2.85 bits per heavy atom. The smallest absolute Gasteiger partial charge is 0.241 e. The monoisotopic (exact) mass is 263 g/mol. The zero-order valence-electron chi connectivity index (χ0n) is 7.07. The summed E-state index contributed by atoms with van der Waals surface area (Å²) in [6, 6.07) is 0. The number of hydrogen-bond donors (Lipinski definition) is 0. The normalized spacial score (nSPS) is 19.2. The Labute approximate surface area is 89.2 Å². The van der Waals surface area contributed by atoms with Crippen LogP contribution in [0.4, 0.5) is 0 Å². The molecule has 0 aromatic carbocycles.